The zero-order chi connectivity index (χ0) is 22.1. The Morgan fingerprint density at radius 2 is 1.97 bits per heavy atom. The number of benzene rings is 1. The minimum absolute atomic E-state index is 0.0683. The lowest BCUT2D eigenvalue weighted by atomic mass is 9.93. The van der Waals surface area contributed by atoms with Gasteiger partial charge in [-0.2, -0.15) is 0 Å². The molecule has 2 aliphatic rings. The normalized spacial score (nSPS) is 21.7. The number of nitrogens with zero attached hydrogens (tertiary/aromatic N) is 1. The van der Waals surface area contributed by atoms with Crippen molar-refractivity contribution >= 4 is 29.3 Å². The topological polar surface area (TPSA) is 58.6 Å². The fraction of sp³-hybridized carbons (Fsp3) is 0.455. The molecule has 0 spiro atoms. The van der Waals surface area contributed by atoms with Gasteiger partial charge in [-0.15, -0.1) is 0 Å². The lowest BCUT2D eigenvalue weighted by molar-refractivity contribution is -0.129. The first-order valence-electron chi connectivity index (χ1n) is 9.88. The van der Waals surface area contributed by atoms with Crippen LogP contribution in [0, 0.1) is 17.6 Å². The van der Waals surface area contributed by atoms with E-state index in [0.717, 1.165) is 11.6 Å². The van der Waals surface area contributed by atoms with Crippen molar-refractivity contribution in [2.24, 2.45) is 5.92 Å². The van der Waals surface area contributed by atoms with Crippen LogP contribution in [0.15, 0.2) is 34.7 Å². The number of rotatable bonds is 3. The van der Waals surface area contributed by atoms with Gasteiger partial charge in [-0.05, 0) is 68.2 Å². The second kappa shape index (κ2) is 8.79. The molecule has 0 aromatic heterocycles. The van der Waals surface area contributed by atoms with Crippen LogP contribution in [0.3, 0.4) is 0 Å². The summed E-state index contributed by atoms with van der Waals surface area (Å²) in [4.78, 5) is 26.3. The van der Waals surface area contributed by atoms with Gasteiger partial charge in [0.1, 0.15) is 11.6 Å². The van der Waals surface area contributed by atoms with Crippen molar-refractivity contribution in [3.63, 3.8) is 0 Å². The number of halogens is 2. The molecule has 1 aromatic carbocycles. The first-order chi connectivity index (χ1) is 14.0. The maximum atomic E-state index is 13.6. The number of hydrogen-bond acceptors (Lipinski definition) is 4. The average Bonchev–Trinajstić information content (AvgIpc) is 2.76. The second-order valence-corrected chi connectivity index (χ2v) is 9.40. The summed E-state index contributed by atoms with van der Waals surface area (Å²) in [5.41, 5.74) is 0.869. The SMILES string of the molecule is CC1CC=C(NC(=O)C2CCN2C(=O)OC(C)(C)C)SC=C1c1ccc(F)c(F)c1. The number of allylic oxidation sites excluding steroid dienone is 2. The van der Waals surface area contributed by atoms with Gasteiger partial charge in [-0.3, -0.25) is 9.69 Å². The number of thioether (sulfide) groups is 1. The smallest absolute Gasteiger partial charge is 0.410 e. The predicted octanol–water partition coefficient (Wildman–Crippen LogP) is 5.05. The van der Waals surface area contributed by atoms with E-state index in [-0.39, 0.29) is 11.8 Å². The third-order valence-corrected chi connectivity index (χ3v) is 5.84. The Bertz CT molecular complexity index is 908. The molecule has 2 amide bonds. The number of ether oxygens (including phenoxy) is 1. The van der Waals surface area contributed by atoms with Crippen LogP contribution in [0.5, 0.6) is 0 Å². The maximum absolute atomic E-state index is 13.6. The van der Waals surface area contributed by atoms with Gasteiger partial charge < -0.3 is 10.1 Å². The summed E-state index contributed by atoms with van der Waals surface area (Å²) >= 11 is 1.32. The van der Waals surface area contributed by atoms with E-state index in [9.17, 15) is 18.4 Å². The summed E-state index contributed by atoms with van der Waals surface area (Å²) in [6.07, 6.45) is 2.63. The standard InChI is InChI=1S/C22H26F2N2O3S/c1-13-5-8-19(30-12-15(13)14-6-7-16(23)17(24)11-14)25-20(27)18-9-10-26(18)21(28)29-22(2,3)4/h6-8,11-13,18H,5,9-10H2,1-4H3,(H,25,27). The third-order valence-electron chi connectivity index (χ3n) is 4.95. The summed E-state index contributed by atoms with van der Waals surface area (Å²) < 4.78 is 32.2. The van der Waals surface area contributed by atoms with Crippen LogP contribution in [-0.4, -0.2) is 35.1 Å². The molecule has 0 aliphatic carbocycles. The van der Waals surface area contributed by atoms with Gasteiger partial charge in [0.15, 0.2) is 11.6 Å². The summed E-state index contributed by atoms with van der Waals surface area (Å²) in [5.74, 6) is -1.96. The molecular formula is C22H26F2N2O3S. The van der Waals surface area contributed by atoms with E-state index in [1.165, 1.54) is 22.7 Å². The van der Waals surface area contributed by atoms with Crippen molar-refractivity contribution in [3.8, 4) is 0 Å². The highest BCUT2D eigenvalue weighted by atomic mass is 32.2. The number of carbonyl (C=O) groups is 2. The number of carbonyl (C=O) groups excluding carboxylic acids is 2. The first kappa shape index (κ1) is 22.3. The van der Waals surface area contributed by atoms with E-state index in [2.05, 4.69) is 5.32 Å². The van der Waals surface area contributed by atoms with Crippen molar-refractivity contribution in [2.75, 3.05) is 6.54 Å². The van der Waals surface area contributed by atoms with Crippen LogP contribution >= 0.6 is 11.8 Å². The summed E-state index contributed by atoms with van der Waals surface area (Å²) in [5, 5.41) is 5.38. The Balaban J connectivity index is 1.64. The molecule has 2 atom stereocenters. The van der Waals surface area contributed by atoms with Crippen molar-refractivity contribution in [1.29, 1.82) is 0 Å². The monoisotopic (exact) mass is 436 g/mol. The Kier molecular flexibility index (Phi) is 6.55. The van der Waals surface area contributed by atoms with Crippen molar-refractivity contribution in [3.05, 3.63) is 51.9 Å². The maximum Gasteiger partial charge on any atom is 0.410 e. The van der Waals surface area contributed by atoms with E-state index in [1.807, 2.05) is 18.4 Å². The van der Waals surface area contributed by atoms with Crippen molar-refractivity contribution in [1.82, 2.24) is 10.2 Å². The van der Waals surface area contributed by atoms with Gasteiger partial charge in [0.2, 0.25) is 5.91 Å². The van der Waals surface area contributed by atoms with Crippen molar-refractivity contribution < 1.29 is 23.1 Å². The molecule has 1 saturated heterocycles. The quantitative estimate of drug-likeness (QED) is 0.721. The summed E-state index contributed by atoms with van der Waals surface area (Å²) in [7, 11) is 0. The van der Waals surface area contributed by atoms with E-state index >= 15 is 0 Å². The minimum Gasteiger partial charge on any atom is -0.444 e. The van der Waals surface area contributed by atoms with E-state index < -0.39 is 29.4 Å². The molecular weight excluding hydrogens is 410 g/mol. The Labute approximate surface area is 179 Å². The second-order valence-electron chi connectivity index (χ2n) is 8.49. The molecule has 8 heteroatoms. The Morgan fingerprint density at radius 3 is 2.57 bits per heavy atom. The molecule has 1 N–H and O–H groups in total. The lowest BCUT2D eigenvalue weighted by Gasteiger charge is -2.40. The molecule has 162 valence electrons. The predicted molar refractivity (Wildman–Crippen MR) is 113 cm³/mol. The third kappa shape index (κ3) is 5.22. The van der Waals surface area contributed by atoms with Gasteiger partial charge in [-0.1, -0.05) is 30.8 Å². The molecule has 2 aliphatic heterocycles. The molecule has 0 radical (unpaired) electrons. The lowest BCUT2D eigenvalue weighted by Crippen LogP contribution is -2.58. The molecule has 5 nitrogen and oxygen atoms in total. The number of likely N-dealkylation sites (tertiary alicyclic amines) is 1. The molecule has 0 bridgehead atoms. The molecule has 1 aromatic rings. The minimum atomic E-state index is -0.886. The number of nitrogens with one attached hydrogen (secondary N) is 1. The van der Waals surface area contributed by atoms with Crippen LogP contribution in [0.4, 0.5) is 13.6 Å². The Morgan fingerprint density at radius 1 is 1.23 bits per heavy atom. The van der Waals surface area contributed by atoms with Crippen LogP contribution in [0.1, 0.15) is 46.1 Å². The van der Waals surface area contributed by atoms with Gasteiger partial charge in [0.25, 0.3) is 0 Å². The van der Waals surface area contributed by atoms with Gasteiger partial charge in [-0.25, -0.2) is 13.6 Å². The van der Waals surface area contributed by atoms with Gasteiger partial charge >= 0.3 is 6.09 Å². The van der Waals surface area contributed by atoms with Crippen molar-refractivity contribution in [2.45, 2.75) is 52.2 Å². The molecule has 2 heterocycles. The van der Waals surface area contributed by atoms with Gasteiger partial charge in [0.05, 0.1) is 5.03 Å². The fourth-order valence-corrected chi connectivity index (χ4v) is 4.19. The zero-order valence-electron chi connectivity index (χ0n) is 17.5. The first-order valence-corrected chi connectivity index (χ1v) is 10.8. The summed E-state index contributed by atoms with van der Waals surface area (Å²) in [6, 6.07) is 3.30. The highest BCUT2D eigenvalue weighted by molar-refractivity contribution is 8.05. The number of amides is 2. The number of hydrogen-bond donors (Lipinski definition) is 1. The van der Waals surface area contributed by atoms with Crippen LogP contribution < -0.4 is 5.32 Å². The average molecular weight is 437 g/mol. The van der Waals surface area contributed by atoms with E-state index in [1.54, 1.807) is 26.8 Å². The Hall–Kier alpha value is -2.35. The van der Waals surface area contributed by atoms with Crippen LogP contribution in [0.2, 0.25) is 0 Å². The molecule has 0 saturated carbocycles. The van der Waals surface area contributed by atoms with E-state index in [0.29, 0.717) is 30.0 Å². The molecule has 2 unspecified atom stereocenters. The highest BCUT2D eigenvalue weighted by Gasteiger charge is 2.40. The summed E-state index contributed by atoms with van der Waals surface area (Å²) in [6.45, 7) is 7.82. The van der Waals surface area contributed by atoms with E-state index in [4.69, 9.17) is 4.74 Å². The highest BCUT2D eigenvalue weighted by Crippen LogP contribution is 2.35. The fourth-order valence-electron chi connectivity index (χ4n) is 3.21. The van der Waals surface area contributed by atoms with Gasteiger partial charge in [0, 0.05) is 6.54 Å². The molecule has 30 heavy (non-hydrogen) atoms. The van der Waals surface area contributed by atoms with Crippen LogP contribution in [0.25, 0.3) is 5.57 Å². The largest absolute Gasteiger partial charge is 0.444 e. The molecule has 1 fully saturated rings. The molecule has 3 rings (SSSR count). The zero-order valence-corrected chi connectivity index (χ0v) is 18.3. The van der Waals surface area contributed by atoms with Crippen LogP contribution in [-0.2, 0) is 9.53 Å².